The zero-order valence-electron chi connectivity index (χ0n) is 10.2. The van der Waals surface area contributed by atoms with E-state index < -0.39 is 0 Å². The average Bonchev–Trinajstić information content (AvgIpc) is 2.47. The summed E-state index contributed by atoms with van der Waals surface area (Å²) in [5.74, 6) is 0. The Labute approximate surface area is 116 Å². The first-order valence-electron chi connectivity index (χ1n) is 6.33. The fraction of sp³-hybridized carbons (Fsp3) is 0. The van der Waals surface area contributed by atoms with E-state index in [9.17, 15) is 0 Å². The van der Waals surface area contributed by atoms with Crippen LogP contribution in [-0.2, 0) is 0 Å². The summed E-state index contributed by atoms with van der Waals surface area (Å²) >= 11 is 6.31. The molecule has 0 saturated carbocycles. The van der Waals surface area contributed by atoms with Crippen LogP contribution in [0.15, 0.2) is 66.7 Å². The summed E-state index contributed by atoms with van der Waals surface area (Å²) in [5.41, 5.74) is 0. The van der Waals surface area contributed by atoms with Gasteiger partial charge in [-0.15, -0.1) is 0 Å². The van der Waals surface area contributed by atoms with Crippen molar-refractivity contribution in [3.8, 4) is 0 Å². The molecule has 0 unspecified atom stereocenters. The van der Waals surface area contributed by atoms with Crippen LogP contribution in [0.1, 0.15) is 0 Å². The van der Waals surface area contributed by atoms with E-state index >= 15 is 0 Å². The van der Waals surface area contributed by atoms with Crippen molar-refractivity contribution in [2.24, 2.45) is 0 Å². The molecule has 0 N–H and O–H groups in total. The van der Waals surface area contributed by atoms with Crippen LogP contribution in [0.5, 0.6) is 0 Å². The molecule has 0 bridgehead atoms. The lowest BCUT2D eigenvalue weighted by atomic mass is 9.96. The molecule has 4 rings (SSSR count). The number of hydrogen-bond donors (Lipinski definition) is 0. The molecule has 0 aliphatic rings. The Kier molecular flexibility index (Phi) is 2.27. The van der Waals surface area contributed by atoms with E-state index in [2.05, 4.69) is 54.6 Å². The summed E-state index contributed by atoms with van der Waals surface area (Å²) in [7, 11) is 0. The van der Waals surface area contributed by atoms with Crippen LogP contribution < -0.4 is 0 Å². The zero-order valence-corrected chi connectivity index (χ0v) is 11.0. The van der Waals surface area contributed by atoms with Crippen molar-refractivity contribution >= 4 is 43.9 Å². The van der Waals surface area contributed by atoms with Gasteiger partial charge in [-0.25, -0.2) is 0 Å². The molecule has 19 heavy (non-hydrogen) atoms. The summed E-state index contributed by atoms with van der Waals surface area (Å²) in [6.07, 6.45) is 0. The predicted octanol–water partition coefficient (Wildman–Crippen LogP) is 5.80. The smallest absolute Gasteiger partial charge is 0.0484 e. The summed E-state index contributed by atoms with van der Waals surface area (Å²) in [6, 6.07) is 23.2. The molecule has 0 spiro atoms. The molecule has 0 saturated heterocycles. The second-order valence-corrected chi connectivity index (χ2v) is 5.19. The molecule has 4 aromatic rings. The number of rotatable bonds is 0. The van der Waals surface area contributed by atoms with Gasteiger partial charge in [-0.3, -0.25) is 0 Å². The number of hydrogen-bond acceptors (Lipinski definition) is 0. The molecule has 0 aliphatic carbocycles. The van der Waals surface area contributed by atoms with Gasteiger partial charge in [-0.05, 0) is 33.0 Å². The van der Waals surface area contributed by atoms with Crippen molar-refractivity contribution in [1.82, 2.24) is 0 Å². The van der Waals surface area contributed by atoms with Gasteiger partial charge in [0, 0.05) is 10.4 Å². The largest absolute Gasteiger partial charge is 0.0837 e. The maximum Gasteiger partial charge on any atom is 0.0484 e. The Bertz CT molecular complexity index is 922. The highest BCUT2D eigenvalue weighted by Gasteiger charge is 2.06. The van der Waals surface area contributed by atoms with Crippen LogP contribution in [0.25, 0.3) is 32.3 Å². The Hall–Kier alpha value is -2.05. The van der Waals surface area contributed by atoms with Gasteiger partial charge in [0.1, 0.15) is 0 Å². The second-order valence-electron chi connectivity index (χ2n) is 4.79. The first-order valence-corrected chi connectivity index (χ1v) is 6.71. The topological polar surface area (TPSA) is 0 Å². The molecular weight excluding hydrogens is 252 g/mol. The van der Waals surface area contributed by atoms with Crippen LogP contribution in [-0.4, -0.2) is 0 Å². The van der Waals surface area contributed by atoms with E-state index in [1.807, 2.05) is 12.1 Å². The SMILES string of the molecule is Clc1cccc2c1ccc1ccc3ccccc3c12. The Morgan fingerprint density at radius 3 is 2.21 bits per heavy atom. The van der Waals surface area contributed by atoms with Gasteiger partial charge in [-0.2, -0.15) is 0 Å². The number of halogens is 1. The minimum Gasteiger partial charge on any atom is -0.0837 e. The van der Waals surface area contributed by atoms with Crippen molar-refractivity contribution in [2.45, 2.75) is 0 Å². The van der Waals surface area contributed by atoms with E-state index in [0.717, 1.165) is 10.4 Å². The lowest BCUT2D eigenvalue weighted by molar-refractivity contribution is 1.77. The summed E-state index contributed by atoms with van der Waals surface area (Å²) in [5, 5.41) is 8.25. The van der Waals surface area contributed by atoms with Crippen LogP contribution in [0.3, 0.4) is 0 Å². The van der Waals surface area contributed by atoms with Crippen LogP contribution in [0.2, 0.25) is 5.02 Å². The zero-order chi connectivity index (χ0) is 12.8. The number of fused-ring (bicyclic) bond motifs is 5. The van der Waals surface area contributed by atoms with Crippen molar-refractivity contribution < 1.29 is 0 Å². The Morgan fingerprint density at radius 1 is 0.526 bits per heavy atom. The normalized spacial score (nSPS) is 11.4. The maximum atomic E-state index is 6.31. The quantitative estimate of drug-likeness (QED) is 0.351. The Morgan fingerprint density at radius 2 is 1.26 bits per heavy atom. The van der Waals surface area contributed by atoms with Crippen molar-refractivity contribution in [1.29, 1.82) is 0 Å². The van der Waals surface area contributed by atoms with Gasteiger partial charge in [0.05, 0.1) is 0 Å². The molecule has 0 heterocycles. The molecule has 90 valence electrons. The van der Waals surface area contributed by atoms with Crippen molar-refractivity contribution in [2.75, 3.05) is 0 Å². The molecule has 0 radical (unpaired) electrons. The third kappa shape index (κ3) is 1.54. The average molecular weight is 263 g/mol. The van der Waals surface area contributed by atoms with E-state index in [-0.39, 0.29) is 0 Å². The predicted molar refractivity (Wildman–Crippen MR) is 84.0 cm³/mol. The first kappa shape index (κ1) is 10.8. The molecule has 0 fully saturated rings. The summed E-state index contributed by atoms with van der Waals surface area (Å²) < 4.78 is 0. The Balaban J connectivity index is 2.37. The molecule has 0 aliphatic heterocycles. The fourth-order valence-electron chi connectivity index (χ4n) is 2.83. The number of benzene rings is 4. The minimum atomic E-state index is 0.812. The molecule has 4 aromatic carbocycles. The van der Waals surface area contributed by atoms with Crippen molar-refractivity contribution in [3.05, 3.63) is 71.8 Å². The maximum absolute atomic E-state index is 6.31. The van der Waals surface area contributed by atoms with Gasteiger partial charge in [0.25, 0.3) is 0 Å². The molecule has 1 heteroatoms. The van der Waals surface area contributed by atoms with Gasteiger partial charge in [-0.1, -0.05) is 72.3 Å². The lowest BCUT2D eigenvalue weighted by Gasteiger charge is -2.08. The third-order valence-corrected chi connectivity index (χ3v) is 4.04. The van der Waals surface area contributed by atoms with Gasteiger partial charge < -0.3 is 0 Å². The summed E-state index contributed by atoms with van der Waals surface area (Å²) in [6.45, 7) is 0. The second kappa shape index (κ2) is 3.97. The lowest BCUT2D eigenvalue weighted by Crippen LogP contribution is -1.81. The monoisotopic (exact) mass is 262 g/mol. The molecule has 0 amide bonds. The highest BCUT2D eigenvalue weighted by atomic mass is 35.5. The summed E-state index contributed by atoms with van der Waals surface area (Å²) in [4.78, 5) is 0. The standard InChI is InChI=1S/C18H11Cl/c19-17-7-3-6-16-15(17)11-10-13-9-8-12-4-1-2-5-14(12)18(13)16/h1-11H. The molecular formula is C18H11Cl. The van der Waals surface area contributed by atoms with E-state index in [1.54, 1.807) is 0 Å². The molecule has 0 aromatic heterocycles. The van der Waals surface area contributed by atoms with Gasteiger partial charge in [0.2, 0.25) is 0 Å². The van der Waals surface area contributed by atoms with E-state index in [0.29, 0.717) is 0 Å². The third-order valence-electron chi connectivity index (χ3n) is 3.71. The first-order chi connectivity index (χ1) is 9.34. The van der Waals surface area contributed by atoms with Crippen LogP contribution >= 0.6 is 11.6 Å². The molecule has 0 nitrogen and oxygen atoms in total. The highest BCUT2D eigenvalue weighted by Crippen LogP contribution is 2.34. The highest BCUT2D eigenvalue weighted by molar-refractivity contribution is 6.37. The van der Waals surface area contributed by atoms with Gasteiger partial charge in [0.15, 0.2) is 0 Å². The minimum absolute atomic E-state index is 0.812. The van der Waals surface area contributed by atoms with Crippen LogP contribution in [0, 0.1) is 0 Å². The van der Waals surface area contributed by atoms with Crippen LogP contribution in [0.4, 0.5) is 0 Å². The van der Waals surface area contributed by atoms with Crippen molar-refractivity contribution in [3.63, 3.8) is 0 Å². The fourth-order valence-corrected chi connectivity index (χ4v) is 3.06. The van der Waals surface area contributed by atoms with Gasteiger partial charge >= 0.3 is 0 Å². The van der Waals surface area contributed by atoms with E-state index in [4.69, 9.17) is 11.6 Å². The van der Waals surface area contributed by atoms with E-state index in [1.165, 1.54) is 26.9 Å². The molecule has 0 atom stereocenters.